The van der Waals surface area contributed by atoms with Crippen molar-refractivity contribution in [1.29, 1.82) is 0 Å². The molecule has 0 aliphatic rings. The summed E-state index contributed by atoms with van der Waals surface area (Å²) in [5.41, 5.74) is -0.0702. The van der Waals surface area contributed by atoms with Gasteiger partial charge < -0.3 is 20.5 Å². The molecule has 0 saturated heterocycles. The number of hydrogen-bond acceptors (Lipinski definition) is 4. The van der Waals surface area contributed by atoms with Gasteiger partial charge >= 0.3 is 6.09 Å². The van der Waals surface area contributed by atoms with Crippen LogP contribution in [0.1, 0.15) is 27.7 Å². The van der Waals surface area contributed by atoms with Gasteiger partial charge in [-0.1, -0.05) is 18.2 Å². The zero-order chi connectivity index (χ0) is 17.9. The lowest BCUT2D eigenvalue weighted by atomic mass is 10.1. The van der Waals surface area contributed by atoms with Crippen molar-refractivity contribution < 1.29 is 19.4 Å². The first-order valence-corrected chi connectivity index (χ1v) is 7.68. The molecule has 6 heteroatoms. The van der Waals surface area contributed by atoms with E-state index < -0.39 is 17.7 Å². The molecule has 0 aromatic heterocycles. The summed E-state index contributed by atoms with van der Waals surface area (Å²) in [6, 6.07) is 9.58. The van der Waals surface area contributed by atoms with Gasteiger partial charge in [-0.15, -0.1) is 0 Å². The quantitative estimate of drug-likeness (QED) is 0.805. The molecule has 0 unspecified atom stereocenters. The standard InChI is InChI=1S/C18H22N2O4/c1-11(19-17(23)24-18(2,3)4)16(22)20-15-7-5-6-12-8-9-13(21)10-14(12)15/h5-11,21H,1-4H3,(H,19,23)(H,20,22)/t11-/m1/s1. The van der Waals surface area contributed by atoms with Crippen LogP contribution in [0.2, 0.25) is 0 Å². The number of fused-ring (bicyclic) bond motifs is 1. The van der Waals surface area contributed by atoms with Crippen molar-refractivity contribution in [2.75, 3.05) is 5.32 Å². The molecule has 6 nitrogen and oxygen atoms in total. The third-order valence-electron chi connectivity index (χ3n) is 3.25. The molecular formula is C18H22N2O4. The van der Waals surface area contributed by atoms with Crippen LogP contribution < -0.4 is 10.6 Å². The molecule has 0 radical (unpaired) electrons. The van der Waals surface area contributed by atoms with E-state index in [0.29, 0.717) is 5.69 Å². The fourth-order valence-electron chi connectivity index (χ4n) is 2.16. The van der Waals surface area contributed by atoms with Gasteiger partial charge in [0, 0.05) is 11.1 Å². The lowest BCUT2D eigenvalue weighted by molar-refractivity contribution is -0.117. The highest BCUT2D eigenvalue weighted by Crippen LogP contribution is 2.27. The maximum absolute atomic E-state index is 12.3. The normalized spacial score (nSPS) is 12.5. The third-order valence-corrected chi connectivity index (χ3v) is 3.25. The van der Waals surface area contributed by atoms with Crippen LogP contribution in [0.5, 0.6) is 5.75 Å². The van der Waals surface area contributed by atoms with E-state index in [4.69, 9.17) is 4.74 Å². The molecule has 24 heavy (non-hydrogen) atoms. The molecule has 0 aliphatic carbocycles. The Morgan fingerprint density at radius 2 is 1.88 bits per heavy atom. The molecule has 1 atom stereocenters. The van der Waals surface area contributed by atoms with Gasteiger partial charge in [-0.25, -0.2) is 4.79 Å². The second-order valence-corrected chi connectivity index (χ2v) is 6.57. The number of hydrogen-bond donors (Lipinski definition) is 3. The number of carbonyl (C=O) groups is 2. The van der Waals surface area contributed by atoms with Crippen molar-refractivity contribution in [2.24, 2.45) is 0 Å². The lowest BCUT2D eigenvalue weighted by Gasteiger charge is -2.21. The van der Waals surface area contributed by atoms with Crippen LogP contribution >= 0.6 is 0 Å². The number of rotatable bonds is 3. The smallest absolute Gasteiger partial charge is 0.408 e. The molecule has 0 spiro atoms. The zero-order valence-electron chi connectivity index (χ0n) is 14.2. The SMILES string of the molecule is C[C@@H](NC(=O)OC(C)(C)C)C(=O)Nc1cccc2ccc(O)cc12. The van der Waals surface area contributed by atoms with Crippen LogP contribution in [-0.2, 0) is 9.53 Å². The van der Waals surface area contributed by atoms with Crippen molar-refractivity contribution in [3.8, 4) is 5.75 Å². The van der Waals surface area contributed by atoms with Crippen LogP contribution in [0.4, 0.5) is 10.5 Å². The molecule has 0 fully saturated rings. The molecule has 0 bridgehead atoms. The van der Waals surface area contributed by atoms with Crippen LogP contribution in [0.25, 0.3) is 10.8 Å². The van der Waals surface area contributed by atoms with Crippen molar-refractivity contribution >= 4 is 28.5 Å². The van der Waals surface area contributed by atoms with E-state index in [-0.39, 0.29) is 11.7 Å². The molecule has 3 N–H and O–H groups in total. The van der Waals surface area contributed by atoms with Crippen LogP contribution in [0.15, 0.2) is 36.4 Å². The number of carbonyl (C=O) groups excluding carboxylic acids is 2. The second kappa shape index (κ2) is 6.78. The van der Waals surface area contributed by atoms with Crippen LogP contribution in [0.3, 0.4) is 0 Å². The minimum Gasteiger partial charge on any atom is -0.508 e. The van der Waals surface area contributed by atoms with Gasteiger partial charge in [0.1, 0.15) is 17.4 Å². The summed E-state index contributed by atoms with van der Waals surface area (Å²) in [5.74, 6) is -0.263. The van der Waals surface area contributed by atoms with E-state index in [9.17, 15) is 14.7 Å². The minimum absolute atomic E-state index is 0.115. The van der Waals surface area contributed by atoms with Crippen molar-refractivity contribution in [3.05, 3.63) is 36.4 Å². The Labute approximate surface area is 140 Å². The second-order valence-electron chi connectivity index (χ2n) is 6.57. The average Bonchev–Trinajstić information content (AvgIpc) is 2.45. The van der Waals surface area contributed by atoms with Gasteiger partial charge in [0.05, 0.1) is 0 Å². The Hall–Kier alpha value is -2.76. The van der Waals surface area contributed by atoms with Crippen molar-refractivity contribution in [2.45, 2.75) is 39.3 Å². The number of phenols is 1. The Morgan fingerprint density at radius 3 is 2.54 bits per heavy atom. The number of benzene rings is 2. The van der Waals surface area contributed by atoms with Crippen LogP contribution in [-0.4, -0.2) is 28.7 Å². The molecule has 2 aromatic rings. The highest BCUT2D eigenvalue weighted by atomic mass is 16.6. The lowest BCUT2D eigenvalue weighted by Crippen LogP contribution is -2.44. The monoisotopic (exact) mass is 330 g/mol. The number of phenolic OH excluding ortho intramolecular Hbond substituents is 1. The molecule has 0 aliphatic heterocycles. The molecule has 128 valence electrons. The molecule has 2 rings (SSSR count). The van der Waals surface area contributed by atoms with Gasteiger partial charge in [-0.05, 0) is 51.3 Å². The summed E-state index contributed by atoms with van der Waals surface area (Å²) in [6.45, 7) is 6.82. The maximum atomic E-state index is 12.3. The largest absolute Gasteiger partial charge is 0.508 e. The number of aromatic hydroxyl groups is 1. The highest BCUT2D eigenvalue weighted by Gasteiger charge is 2.21. The number of amides is 2. The Balaban J connectivity index is 2.09. The number of anilines is 1. The summed E-state index contributed by atoms with van der Waals surface area (Å²) in [5, 5.41) is 16.5. The first-order valence-electron chi connectivity index (χ1n) is 7.68. The molecule has 0 heterocycles. The van der Waals surface area contributed by atoms with Gasteiger partial charge in [0.2, 0.25) is 5.91 Å². The maximum Gasteiger partial charge on any atom is 0.408 e. The summed E-state index contributed by atoms with van der Waals surface area (Å²) in [4.78, 5) is 24.0. The fourth-order valence-corrected chi connectivity index (χ4v) is 2.16. The fraction of sp³-hybridized carbons (Fsp3) is 0.333. The van der Waals surface area contributed by atoms with E-state index in [2.05, 4.69) is 10.6 Å². The summed E-state index contributed by atoms with van der Waals surface area (Å²) < 4.78 is 5.13. The topological polar surface area (TPSA) is 87.7 Å². The van der Waals surface area contributed by atoms with E-state index >= 15 is 0 Å². The first kappa shape index (κ1) is 17.6. The van der Waals surface area contributed by atoms with Crippen molar-refractivity contribution in [3.63, 3.8) is 0 Å². The van der Waals surface area contributed by atoms with E-state index in [1.165, 1.54) is 0 Å². The molecule has 0 saturated carbocycles. The molecular weight excluding hydrogens is 308 g/mol. The summed E-state index contributed by atoms with van der Waals surface area (Å²) in [6.07, 6.45) is -0.652. The predicted octanol–water partition coefficient (Wildman–Crippen LogP) is 3.40. The van der Waals surface area contributed by atoms with Gasteiger partial charge in [-0.3, -0.25) is 4.79 Å². The van der Waals surface area contributed by atoms with Gasteiger partial charge in [0.15, 0.2) is 0 Å². The summed E-state index contributed by atoms with van der Waals surface area (Å²) >= 11 is 0. The number of ether oxygens (including phenoxy) is 1. The van der Waals surface area contributed by atoms with Crippen LogP contribution in [0, 0.1) is 0 Å². The summed E-state index contributed by atoms with van der Waals surface area (Å²) in [7, 11) is 0. The van der Waals surface area contributed by atoms with E-state index in [1.54, 1.807) is 58.0 Å². The van der Waals surface area contributed by atoms with Gasteiger partial charge in [-0.2, -0.15) is 0 Å². The Morgan fingerprint density at radius 1 is 1.17 bits per heavy atom. The third kappa shape index (κ3) is 4.62. The van der Waals surface area contributed by atoms with Crippen molar-refractivity contribution in [1.82, 2.24) is 5.32 Å². The molecule has 2 amide bonds. The average molecular weight is 330 g/mol. The number of nitrogens with one attached hydrogen (secondary N) is 2. The Bertz CT molecular complexity index is 765. The highest BCUT2D eigenvalue weighted by molar-refractivity contribution is 6.04. The van der Waals surface area contributed by atoms with E-state index in [1.807, 2.05) is 6.07 Å². The Kier molecular flexibility index (Phi) is 4.97. The van der Waals surface area contributed by atoms with E-state index in [0.717, 1.165) is 10.8 Å². The first-order chi connectivity index (χ1) is 11.2. The van der Waals surface area contributed by atoms with Gasteiger partial charge in [0.25, 0.3) is 0 Å². The molecule has 2 aromatic carbocycles. The predicted molar refractivity (Wildman–Crippen MR) is 93.1 cm³/mol. The number of alkyl carbamates (subject to hydrolysis) is 1. The minimum atomic E-state index is -0.771. The zero-order valence-corrected chi connectivity index (χ0v) is 14.2.